The third kappa shape index (κ3) is 2.31. The molecule has 0 saturated carbocycles. The highest BCUT2D eigenvalue weighted by Crippen LogP contribution is 2.25. The van der Waals surface area contributed by atoms with Crippen molar-refractivity contribution in [2.24, 2.45) is 0 Å². The van der Waals surface area contributed by atoms with Gasteiger partial charge in [0.1, 0.15) is 5.69 Å². The number of aliphatic hydroxyl groups excluding tert-OH is 1. The van der Waals surface area contributed by atoms with Gasteiger partial charge in [0, 0.05) is 12.1 Å². The number of rotatable bonds is 3. The van der Waals surface area contributed by atoms with Gasteiger partial charge in [0.05, 0.1) is 27.9 Å². The average molecular weight is 269 g/mol. The van der Waals surface area contributed by atoms with E-state index in [9.17, 15) is 15.2 Å². The zero-order valence-electron chi connectivity index (χ0n) is 9.32. The van der Waals surface area contributed by atoms with E-state index in [2.05, 4.69) is 10.3 Å². The van der Waals surface area contributed by atoms with Crippen LogP contribution in [0.25, 0.3) is 5.69 Å². The Hall–Kier alpha value is -1.99. The molecule has 0 aliphatic heterocycles. The molecule has 0 bridgehead atoms. The molecule has 1 N–H and O–H groups in total. The van der Waals surface area contributed by atoms with E-state index in [-0.39, 0.29) is 10.7 Å². The van der Waals surface area contributed by atoms with Crippen LogP contribution < -0.4 is 0 Å². The monoisotopic (exact) mass is 268 g/mol. The molecule has 1 atom stereocenters. The van der Waals surface area contributed by atoms with E-state index in [1.807, 2.05) is 0 Å². The van der Waals surface area contributed by atoms with Crippen LogP contribution in [0.3, 0.4) is 0 Å². The summed E-state index contributed by atoms with van der Waals surface area (Å²) >= 11 is 5.94. The second-order valence-corrected chi connectivity index (χ2v) is 4.06. The van der Waals surface area contributed by atoms with Gasteiger partial charge in [-0.25, -0.2) is 4.68 Å². The first-order valence-electron chi connectivity index (χ1n) is 5.03. The van der Waals surface area contributed by atoms with Gasteiger partial charge in [-0.05, 0) is 13.0 Å². The Balaban J connectivity index is 2.41. The molecule has 0 saturated heterocycles. The van der Waals surface area contributed by atoms with Crippen molar-refractivity contribution in [3.63, 3.8) is 0 Å². The summed E-state index contributed by atoms with van der Waals surface area (Å²) in [6.45, 7) is 1.56. The number of aromatic nitrogens is 3. The second-order valence-electron chi connectivity index (χ2n) is 3.66. The van der Waals surface area contributed by atoms with Gasteiger partial charge in [-0.3, -0.25) is 10.1 Å². The number of halogens is 1. The van der Waals surface area contributed by atoms with E-state index in [1.165, 1.54) is 29.1 Å². The molecule has 94 valence electrons. The molecule has 7 nitrogen and oxygen atoms in total. The quantitative estimate of drug-likeness (QED) is 0.677. The Morgan fingerprint density at radius 1 is 1.56 bits per heavy atom. The van der Waals surface area contributed by atoms with Gasteiger partial charge < -0.3 is 5.11 Å². The number of hydrogen-bond donors (Lipinski definition) is 1. The van der Waals surface area contributed by atoms with Crippen LogP contribution in [0.5, 0.6) is 0 Å². The Morgan fingerprint density at radius 2 is 2.28 bits per heavy atom. The van der Waals surface area contributed by atoms with Crippen molar-refractivity contribution in [3.8, 4) is 5.69 Å². The van der Waals surface area contributed by atoms with Gasteiger partial charge in [-0.1, -0.05) is 16.8 Å². The number of aliphatic hydroxyl groups is 1. The first kappa shape index (κ1) is 12.5. The van der Waals surface area contributed by atoms with E-state index < -0.39 is 11.0 Å². The first-order valence-corrected chi connectivity index (χ1v) is 5.41. The summed E-state index contributed by atoms with van der Waals surface area (Å²) in [5.74, 6) is 0. The van der Waals surface area contributed by atoms with Crippen LogP contribution in [-0.2, 0) is 0 Å². The van der Waals surface area contributed by atoms with Crippen molar-refractivity contribution in [2.75, 3.05) is 0 Å². The molecule has 2 aromatic rings. The molecule has 1 unspecified atom stereocenters. The molecule has 8 heteroatoms. The van der Waals surface area contributed by atoms with Crippen LogP contribution in [0.15, 0.2) is 24.4 Å². The normalized spacial score (nSPS) is 12.4. The summed E-state index contributed by atoms with van der Waals surface area (Å²) in [6, 6.07) is 4.03. The molecular weight excluding hydrogens is 260 g/mol. The first-order chi connectivity index (χ1) is 8.49. The third-order valence-corrected chi connectivity index (χ3v) is 2.63. The number of non-ortho nitro benzene ring substituents is 1. The average Bonchev–Trinajstić information content (AvgIpc) is 2.78. The van der Waals surface area contributed by atoms with Crippen LogP contribution in [0.1, 0.15) is 18.7 Å². The third-order valence-electron chi connectivity index (χ3n) is 2.33. The van der Waals surface area contributed by atoms with Gasteiger partial charge in [0.25, 0.3) is 5.69 Å². The Morgan fingerprint density at radius 3 is 2.78 bits per heavy atom. The Bertz CT molecular complexity index is 597. The zero-order chi connectivity index (χ0) is 13.3. The number of nitrogens with zero attached hydrogens (tertiary/aromatic N) is 4. The minimum absolute atomic E-state index is 0.0976. The fraction of sp³-hybridized carbons (Fsp3) is 0.200. The maximum absolute atomic E-state index is 10.6. The minimum Gasteiger partial charge on any atom is -0.387 e. The molecule has 1 aromatic carbocycles. The molecular formula is C10H9ClN4O3. The van der Waals surface area contributed by atoms with Crippen LogP contribution in [0.4, 0.5) is 5.69 Å². The lowest BCUT2D eigenvalue weighted by Crippen LogP contribution is -1.97. The van der Waals surface area contributed by atoms with E-state index in [4.69, 9.17) is 11.6 Å². The van der Waals surface area contributed by atoms with Crippen molar-refractivity contribution >= 4 is 17.3 Å². The summed E-state index contributed by atoms with van der Waals surface area (Å²) in [5.41, 5.74) is 0.755. The maximum Gasteiger partial charge on any atom is 0.271 e. The summed E-state index contributed by atoms with van der Waals surface area (Å²) in [5, 5.41) is 27.6. The second kappa shape index (κ2) is 4.71. The number of nitro benzene ring substituents is 1. The van der Waals surface area contributed by atoms with Crippen molar-refractivity contribution in [1.29, 1.82) is 0 Å². The number of hydrogen-bond acceptors (Lipinski definition) is 5. The summed E-state index contributed by atoms with van der Waals surface area (Å²) < 4.78 is 1.36. The van der Waals surface area contributed by atoms with Crippen molar-refractivity contribution < 1.29 is 10.0 Å². The smallest absolute Gasteiger partial charge is 0.271 e. The Kier molecular flexibility index (Phi) is 3.26. The lowest BCUT2D eigenvalue weighted by atomic mass is 10.3. The van der Waals surface area contributed by atoms with Crippen LogP contribution in [-0.4, -0.2) is 25.0 Å². The van der Waals surface area contributed by atoms with Crippen molar-refractivity contribution in [1.82, 2.24) is 15.0 Å². The van der Waals surface area contributed by atoms with E-state index in [1.54, 1.807) is 6.92 Å². The van der Waals surface area contributed by atoms with Gasteiger partial charge in [0.2, 0.25) is 0 Å². The topological polar surface area (TPSA) is 94.1 Å². The lowest BCUT2D eigenvalue weighted by Gasteiger charge is -2.02. The molecule has 0 fully saturated rings. The highest BCUT2D eigenvalue weighted by atomic mass is 35.5. The molecule has 0 radical (unpaired) electrons. The Labute approximate surface area is 107 Å². The standard InChI is InChI=1S/C10H9ClN4O3/c1-6(16)9-5-14(13-12-9)10-3-2-7(15(17)18)4-8(10)11/h2-6,16H,1H3. The van der Waals surface area contributed by atoms with Gasteiger partial charge >= 0.3 is 0 Å². The lowest BCUT2D eigenvalue weighted by molar-refractivity contribution is -0.384. The molecule has 0 spiro atoms. The summed E-state index contributed by atoms with van der Waals surface area (Å²) in [6.07, 6.45) is 0.771. The van der Waals surface area contributed by atoms with E-state index in [0.29, 0.717) is 11.4 Å². The molecule has 0 amide bonds. The largest absolute Gasteiger partial charge is 0.387 e. The van der Waals surface area contributed by atoms with E-state index in [0.717, 1.165) is 0 Å². The van der Waals surface area contributed by atoms with Gasteiger partial charge in [-0.2, -0.15) is 0 Å². The fourth-order valence-electron chi connectivity index (χ4n) is 1.38. The highest BCUT2D eigenvalue weighted by molar-refractivity contribution is 6.32. The summed E-state index contributed by atoms with van der Waals surface area (Å²) in [7, 11) is 0. The number of benzene rings is 1. The van der Waals surface area contributed by atoms with Crippen LogP contribution in [0.2, 0.25) is 5.02 Å². The number of nitro groups is 1. The predicted molar refractivity (Wildman–Crippen MR) is 63.7 cm³/mol. The molecule has 18 heavy (non-hydrogen) atoms. The zero-order valence-corrected chi connectivity index (χ0v) is 10.1. The summed E-state index contributed by atoms with van der Waals surface area (Å²) in [4.78, 5) is 10.0. The maximum atomic E-state index is 10.6. The highest BCUT2D eigenvalue weighted by Gasteiger charge is 2.13. The van der Waals surface area contributed by atoms with E-state index >= 15 is 0 Å². The van der Waals surface area contributed by atoms with Crippen molar-refractivity contribution in [2.45, 2.75) is 13.0 Å². The fourth-order valence-corrected chi connectivity index (χ4v) is 1.64. The SMILES string of the molecule is CC(O)c1cn(-c2ccc([N+](=O)[O-])cc2Cl)nn1. The van der Waals surface area contributed by atoms with Crippen molar-refractivity contribution in [3.05, 3.63) is 45.2 Å². The molecule has 2 rings (SSSR count). The molecule has 0 aliphatic carbocycles. The predicted octanol–water partition coefficient (Wildman–Crippen LogP) is 1.88. The molecule has 1 aromatic heterocycles. The van der Waals surface area contributed by atoms with Crippen LogP contribution >= 0.6 is 11.6 Å². The van der Waals surface area contributed by atoms with Gasteiger partial charge in [0.15, 0.2) is 0 Å². The van der Waals surface area contributed by atoms with Crippen LogP contribution in [0, 0.1) is 10.1 Å². The molecule has 0 aliphatic rings. The molecule has 1 heterocycles. The minimum atomic E-state index is -0.740. The van der Waals surface area contributed by atoms with Gasteiger partial charge in [-0.15, -0.1) is 5.10 Å².